The summed E-state index contributed by atoms with van der Waals surface area (Å²) in [5.74, 6) is 0.809. The first-order valence-electron chi connectivity index (χ1n) is 9.39. The maximum absolute atomic E-state index is 13.2. The second kappa shape index (κ2) is 8.92. The first kappa shape index (κ1) is 21.9. The Bertz CT molecular complexity index is 1020. The van der Waals surface area contributed by atoms with Crippen molar-refractivity contribution in [3.63, 3.8) is 0 Å². The number of ether oxygens (including phenoxy) is 3. The summed E-state index contributed by atoms with van der Waals surface area (Å²) in [5.41, 5.74) is 0.330. The molecule has 1 aliphatic rings. The molecule has 0 bridgehead atoms. The van der Waals surface area contributed by atoms with E-state index in [-0.39, 0.29) is 29.8 Å². The third kappa shape index (κ3) is 4.08. The minimum Gasteiger partial charge on any atom is -0.493 e. The molecular formula is C19H26N4O6S. The van der Waals surface area contributed by atoms with Crippen molar-refractivity contribution in [2.24, 2.45) is 7.05 Å². The average Bonchev–Trinajstić information content (AvgIpc) is 3.04. The van der Waals surface area contributed by atoms with Crippen LogP contribution in [0.3, 0.4) is 0 Å². The van der Waals surface area contributed by atoms with E-state index in [0.717, 1.165) is 0 Å². The zero-order valence-corrected chi connectivity index (χ0v) is 18.3. The molecular weight excluding hydrogens is 412 g/mol. The summed E-state index contributed by atoms with van der Waals surface area (Å²) in [7, 11) is 2.44. The lowest BCUT2D eigenvalue weighted by Crippen LogP contribution is -2.37. The largest absolute Gasteiger partial charge is 0.493 e. The van der Waals surface area contributed by atoms with Crippen LogP contribution >= 0.6 is 0 Å². The number of sulfonamides is 1. The van der Waals surface area contributed by atoms with E-state index in [1.54, 1.807) is 28.6 Å². The van der Waals surface area contributed by atoms with Crippen molar-refractivity contribution in [2.75, 3.05) is 47.5 Å². The van der Waals surface area contributed by atoms with Crippen molar-refractivity contribution in [2.45, 2.75) is 11.4 Å². The highest BCUT2D eigenvalue weighted by Gasteiger charge is 2.31. The van der Waals surface area contributed by atoms with E-state index < -0.39 is 10.0 Å². The summed E-state index contributed by atoms with van der Waals surface area (Å²) in [6, 6.07) is 3.26. The van der Waals surface area contributed by atoms with Gasteiger partial charge in [-0.25, -0.2) is 13.4 Å². The average molecular weight is 439 g/mol. The lowest BCUT2D eigenvalue weighted by Gasteiger charge is -2.23. The number of carbonyl (C=O) groups is 1. The van der Waals surface area contributed by atoms with Crippen molar-refractivity contribution < 1.29 is 27.4 Å². The Hall–Kier alpha value is -2.79. The number of methoxy groups -OCH3 is 3. The van der Waals surface area contributed by atoms with Crippen LogP contribution in [0.2, 0.25) is 0 Å². The Morgan fingerprint density at radius 3 is 2.33 bits per heavy atom. The van der Waals surface area contributed by atoms with Gasteiger partial charge < -0.3 is 23.7 Å². The van der Waals surface area contributed by atoms with Gasteiger partial charge in [0.1, 0.15) is 0 Å². The topological polar surface area (TPSA) is 103 Å². The van der Waals surface area contributed by atoms with Crippen molar-refractivity contribution in [3.05, 3.63) is 30.2 Å². The van der Waals surface area contributed by atoms with Gasteiger partial charge in [-0.1, -0.05) is 0 Å². The first-order valence-corrected chi connectivity index (χ1v) is 10.8. The maximum Gasteiger partial charge on any atom is 0.262 e. The van der Waals surface area contributed by atoms with Gasteiger partial charge in [-0.15, -0.1) is 0 Å². The summed E-state index contributed by atoms with van der Waals surface area (Å²) in [6.45, 7) is 1.17. The van der Waals surface area contributed by atoms with Crippen molar-refractivity contribution in [3.8, 4) is 17.2 Å². The number of aryl methyl sites for hydroxylation is 1. The zero-order valence-electron chi connectivity index (χ0n) is 17.5. The minimum atomic E-state index is -3.71. The molecule has 1 saturated heterocycles. The van der Waals surface area contributed by atoms with E-state index in [0.29, 0.717) is 36.6 Å². The molecule has 10 nitrogen and oxygen atoms in total. The number of amides is 1. The van der Waals surface area contributed by atoms with Crippen molar-refractivity contribution >= 4 is 15.9 Å². The molecule has 0 saturated carbocycles. The summed E-state index contributed by atoms with van der Waals surface area (Å²) >= 11 is 0. The van der Waals surface area contributed by atoms with Gasteiger partial charge in [-0.2, -0.15) is 4.31 Å². The van der Waals surface area contributed by atoms with Crippen molar-refractivity contribution in [1.82, 2.24) is 18.8 Å². The van der Waals surface area contributed by atoms with Gasteiger partial charge in [0, 0.05) is 39.4 Å². The molecule has 0 radical (unpaired) electrons. The molecule has 1 amide bonds. The Kier molecular flexibility index (Phi) is 6.52. The van der Waals surface area contributed by atoms with Gasteiger partial charge in [0.05, 0.1) is 33.2 Å². The van der Waals surface area contributed by atoms with Gasteiger partial charge in [0.25, 0.3) is 15.9 Å². The fourth-order valence-corrected chi connectivity index (χ4v) is 4.87. The molecule has 2 aromatic rings. The maximum atomic E-state index is 13.2. The lowest BCUT2D eigenvalue weighted by atomic mass is 10.1. The van der Waals surface area contributed by atoms with Crippen LogP contribution in [-0.4, -0.2) is 80.6 Å². The molecule has 1 aromatic heterocycles. The molecule has 3 rings (SSSR count). The number of imidazole rings is 1. The second-order valence-electron chi connectivity index (χ2n) is 6.81. The highest BCUT2D eigenvalue weighted by molar-refractivity contribution is 7.89. The number of rotatable bonds is 6. The summed E-state index contributed by atoms with van der Waals surface area (Å²) < 4.78 is 44.7. The molecule has 0 N–H and O–H groups in total. The van der Waals surface area contributed by atoms with Gasteiger partial charge >= 0.3 is 0 Å². The number of carbonyl (C=O) groups excluding carboxylic acids is 1. The molecule has 0 unspecified atom stereocenters. The number of hydrogen-bond acceptors (Lipinski definition) is 7. The molecule has 1 aliphatic heterocycles. The Morgan fingerprint density at radius 1 is 1.00 bits per heavy atom. The Morgan fingerprint density at radius 2 is 1.73 bits per heavy atom. The normalized spacial score (nSPS) is 15.5. The van der Waals surface area contributed by atoms with E-state index in [2.05, 4.69) is 4.98 Å². The molecule has 0 aliphatic carbocycles. The molecule has 2 heterocycles. The van der Waals surface area contributed by atoms with Crippen LogP contribution in [0.5, 0.6) is 17.2 Å². The molecule has 0 atom stereocenters. The molecule has 1 aromatic carbocycles. The smallest absolute Gasteiger partial charge is 0.262 e. The Labute approximate surface area is 176 Å². The summed E-state index contributed by atoms with van der Waals surface area (Å²) in [4.78, 5) is 18.8. The fourth-order valence-electron chi connectivity index (χ4n) is 3.43. The second-order valence-corrected chi connectivity index (χ2v) is 8.69. The van der Waals surface area contributed by atoms with Crippen LogP contribution in [-0.2, 0) is 17.1 Å². The van der Waals surface area contributed by atoms with E-state index in [4.69, 9.17) is 14.2 Å². The first-order chi connectivity index (χ1) is 14.3. The lowest BCUT2D eigenvalue weighted by molar-refractivity contribution is 0.0760. The predicted molar refractivity (Wildman–Crippen MR) is 109 cm³/mol. The van der Waals surface area contributed by atoms with Crippen LogP contribution in [0.1, 0.15) is 16.8 Å². The van der Waals surface area contributed by atoms with Gasteiger partial charge in [0.2, 0.25) is 5.75 Å². The van der Waals surface area contributed by atoms with E-state index in [1.807, 2.05) is 0 Å². The highest BCUT2D eigenvalue weighted by atomic mass is 32.2. The summed E-state index contributed by atoms with van der Waals surface area (Å²) in [5, 5.41) is 0.00587. The number of aromatic nitrogens is 2. The van der Waals surface area contributed by atoms with Gasteiger partial charge in [0.15, 0.2) is 16.5 Å². The molecule has 1 fully saturated rings. The monoisotopic (exact) mass is 438 g/mol. The SMILES string of the molecule is COc1ccc(C(=O)N2CCCN(S(=O)(=O)c3cn(C)cn3)CC2)c(OC)c1OC. The third-order valence-electron chi connectivity index (χ3n) is 4.96. The van der Waals surface area contributed by atoms with Gasteiger partial charge in [-0.05, 0) is 18.6 Å². The van der Waals surface area contributed by atoms with E-state index >= 15 is 0 Å². The van der Waals surface area contributed by atoms with Crippen LogP contribution in [0.15, 0.2) is 29.7 Å². The van der Waals surface area contributed by atoms with Gasteiger partial charge in [-0.3, -0.25) is 4.79 Å². The minimum absolute atomic E-state index is 0.00587. The predicted octanol–water partition coefficient (Wildman–Crippen LogP) is 0.983. The van der Waals surface area contributed by atoms with Crippen LogP contribution in [0.25, 0.3) is 0 Å². The molecule has 11 heteroatoms. The number of benzene rings is 1. The Balaban J connectivity index is 1.81. The molecule has 0 spiro atoms. The quantitative estimate of drug-likeness (QED) is 0.662. The van der Waals surface area contributed by atoms with Crippen LogP contribution in [0, 0.1) is 0 Å². The van der Waals surface area contributed by atoms with Crippen LogP contribution in [0.4, 0.5) is 0 Å². The molecule has 164 valence electrons. The number of hydrogen-bond donors (Lipinski definition) is 0. The third-order valence-corrected chi connectivity index (χ3v) is 6.75. The highest BCUT2D eigenvalue weighted by Crippen LogP contribution is 2.40. The number of nitrogens with zero attached hydrogens (tertiary/aromatic N) is 4. The summed E-state index contributed by atoms with van der Waals surface area (Å²) in [6.07, 6.45) is 3.43. The van der Waals surface area contributed by atoms with E-state index in [9.17, 15) is 13.2 Å². The van der Waals surface area contributed by atoms with Crippen molar-refractivity contribution in [1.29, 1.82) is 0 Å². The van der Waals surface area contributed by atoms with Crippen LogP contribution < -0.4 is 14.2 Å². The fraction of sp³-hybridized carbons (Fsp3) is 0.474. The zero-order chi connectivity index (χ0) is 21.9. The van der Waals surface area contributed by atoms with E-state index in [1.165, 1.54) is 38.2 Å². The molecule has 30 heavy (non-hydrogen) atoms. The standard InChI is InChI=1S/C19H26N4O6S/c1-21-12-16(20-13-21)30(25,26)23-9-5-8-22(10-11-23)19(24)14-6-7-15(27-2)18(29-4)17(14)28-3/h6-7,12-13H,5,8-11H2,1-4H3.